The number of anilines is 3. The Morgan fingerprint density at radius 3 is 2.47 bits per heavy atom. The standard InChI is InChI=1S/C25H27N5O5S/c1-35-20-13-9-18(10-14-20)27-25(32)28-22-6-4-16-30(24(22)31)19-11-7-17(8-12-19)21-5-3-15-26-23(21)29-36(2,33)34/h3,5,7-15,22H,4,6,16H2,1-2H3,(H,26,29)(H2,27,28,32)/t22-/m1/s1. The second kappa shape index (κ2) is 10.6. The Kier molecular flexibility index (Phi) is 7.39. The molecule has 1 atom stereocenters. The van der Waals surface area contributed by atoms with Gasteiger partial charge < -0.3 is 20.3 Å². The van der Waals surface area contributed by atoms with Gasteiger partial charge >= 0.3 is 6.03 Å². The average Bonchev–Trinajstić information content (AvgIpc) is 2.85. The summed E-state index contributed by atoms with van der Waals surface area (Å²) in [6.07, 6.45) is 3.85. The second-order valence-corrected chi connectivity index (χ2v) is 10.1. The molecule has 1 aliphatic rings. The van der Waals surface area contributed by atoms with Crippen LogP contribution in [0.1, 0.15) is 12.8 Å². The van der Waals surface area contributed by atoms with Crippen LogP contribution >= 0.6 is 0 Å². The molecule has 4 rings (SSSR count). The van der Waals surface area contributed by atoms with Crippen LogP contribution in [-0.2, 0) is 14.8 Å². The highest BCUT2D eigenvalue weighted by Crippen LogP contribution is 2.29. The van der Waals surface area contributed by atoms with E-state index >= 15 is 0 Å². The molecule has 1 aliphatic heterocycles. The topological polar surface area (TPSA) is 130 Å². The third-order valence-corrected chi connectivity index (χ3v) is 6.24. The van der Waals surface area contributed by atoms with Gasteiger partial charge in [-0.05, 0) is 66.9 Å². The van der Waals surface area contributed by atoms with E-state index in [1.165, 1.54) is 6.20 Å². The number of urea groups is 1. The lowest BCUT2D eigenvalue weighted by Crippen LogP contribution is -2.53. The first-order chi connectivity index (χ1) is 17.2. The molecule has 3 aromatic rings. The molecule has 0 aliphatic carbocycles. The number of ether oxygens (including phenoxy) is 1. The molecule has 0 bridgehead atoms. The smallest absolute Gasteiger partial charge is 0.319 e. The van der Waals surface area contributed by atoms with E-state index in [2.05, 4.69) is 20.3 Å². The van der Waals surface area contributed by atoms with Gasteiger partial charge in [0.15, 0.2) is 0 Å². The van der Waals surface area contributed by atoms with Gasteiger partial charge in [0.2, 0.25) is 15.9 Å². The van der Waals surface area contributed by atoms with E-state index in [0.717, 1.165) is 18.2 Å². The zero-order valence-electron chi connectivity index (χ0n) is 19.9. The average molecular weight is 510 g/mol. The second-order valence-electron chi connectivity index (χ2n) is 8.33. The largest absolute Gasteiger partial charge is 0.497 e. The van der Waals surface area contributed by atoms with Crippen LogP contribution < -0.4 is 25.0 Å². The molecule has 0 radical (unpaired) electrons. The Balaban J connectivity index is 1.44. The number of nitrogens with zero attached hydrogens (tertiary/aromatic N) is 2. The molecule has 188 valence electrons. The third kappa shape index (κ3) is 6.11. The molecule has 3 amide bonds. The molecule has 36 heavy (non-hydrogen) atoms. The Morgan fingerprint density at radius 2 is 1.81 bits per heavy atom. The minimum atomic E-state index is -3.49. The molecule has 1 saturated heterocycles. The zero-order valence-corrected chi connectivity index (χ0v) is 20.7. The lowest BCUT2D eigenvalue weighted by Gasteiger charge is -2.32. The first-order valence-electron chi connectivity index (χ1n) is 11.3. The van der Waals surface area contributed by atoms with E-state index in [1.807, 2.05) is 0 Å². The summed E-state index contributed by atoms with van der Waals surface area (Å²) >= 11 is 0. The number of rotatable bonds is 7. The number of nitrogens with one attached hydrogen (secondary N) is 3. The summed E-state index contributed by atoms with van der Waals surface area (Å²) in [5.41, 5.74) is 2.64. The molecule has 2 aromatic carbocycles. The fourth-order valence-electron chi connectivity index (χ4n) is 3.98. The number of carbonyl (C=O) groups excluding carboxylic acids is 2. The fourth-order valence-corrected chi connectivity index (χ4v) is 4.50. The van der Waals surface area contributed by atoms with Crippen molar-refractivity contribution in [3.05, 3.63) is 66.9 Å². The molecule has 1 aromatic heterocycles. The fraction of sp³-hybridized carbons (Fsp3) is 0.240. The van der Waals surface area contributed by atoms with E-state index in [1.54, 1.807) is 72.7 Å². The summed E-state index contributed by atoms with van der Waals surface area (Å²) in [6, 6.07) is 16.5. The zero-order chi connectivity index (χ0) is 25.7. The van der Waals surface area contributed by atoms with Crippen molar-refractivity contribution in [2.45, 2.75) is 18.9 Å². The maximum atomic E-state index is 13.1. The van der Waals surface area contributed by atoms with Crippen molar-refractivity contribution in [3.63, 3.8) is 0 Å². The SMILES string of the molecule is COc1ccc(NC(=O)N[C@@H]2CCCN(c3ccc(-c4cccnc4NS(C)(=O)=O)cc3)C2=O)cc1. The molecular formula is C25H27N5O5S. The van der Waals surface area contributed by atoms with Crippen LogP contribution in [0.4, 0.5) is 22.0 Å². The van der Waals surface area contributed by atoms with Gasteiger partial charge in [-0.2, -0.15) is 0 Å². The van der Waals surface area contributed by atoms with Crippen LogP contribution in [0.15, 0.2) is 66.9 Å². The van der Waals surface area contributed by atoms with E-state index in [0.29, 0.717) is 35.7 Å². The highest BCUT2D eigenvalue weighted by Gasteiger charge is 2.31. The maximum Gasteiger partial charge on any atom is 0.319 e. The molecular weight excluding hydrogens is 482 g/mol. The predicted molar refractivity (Wildman–Crippen MR) is 139 cm³/mol. The quantitative estimate of drug-likeness (QED) is 0.447. The van der Waals surface area contributed by atoms with Gasteiger partial charge in [-0.25, -0.2) is 18.2 Å². The normalized spacial score (nSPS) is 15.8. The molecule has 0 spiro atoms. The molecule has 3 N–H and O–H groups in total. The van der Waals surface area contributed by atoms with Crippen LogP contribution in [-0.4, -0.2) is 51.3 Å². The number of piperidine rings is 1. The summed E-state index contributed by atoms with van der Waals surface area (Å²) in [5, 5.41) is 5.50. The molecule has 0 unspecified atom stereocenters. The molecule has 11 heteroatoms. The molecule has 0 saturated carbocycles. The van der Waals surface area contributed by atoms with Crippen LogP contribution in [0.2, 0.25) is 0 Å². The monoisotopic (exact) mass is 509 g/mol. The Morgan fingerprint density at radius 1 is 1.08 bits per heavy atom. The van der Waals surface area contributed by atoms with Gasteiger partial charge in [-0.3, -0.25) is 9.52 Å². The lowest BCUT2D eigenvalue weighted by atomic mass is 10.0. The number of amides is 3. The molecule has 1 fully saturated rings. The third-order valence-electron chi connectivity index (χ3n) is 5.67. The van der Waals surface area contributed by atoms with Gasteiger partial charge in [0, 0.05) is 29.7 Å². The first-order valence-corrected chi connectivity index (χ1v) is 13.2. The lowest BCUT2D eigenvalue weighted by molar-refractivity contribution is -0.121. The Hall–Kier alpha value is -4.12. The highest BCUT2D eigenvalue weighted by molar-refractivity contribution is 7.92. The van der Waals surface area contributed by atoms with Crippen LogP contribution in [0, 0.1) is 0 Å². The number of carbonyl (C=O) groups is 2. The number of methoxy groups -OCH3 is 1. The van der Waals surface area contributed by atoms with Crippen molar-refractivity contribution in [1.29, 1.82) is 0 Å². The van der Waals surface area contributed by atoms with E-state index in [-0.39, 0.29) is 11.7 Å². The number of hydrogen-bond donors (Lipinski definition) is 3. The van der Waals surface area contributed by atoms with Gasteiger partial charge in [-0.1, -0.05) is 12.1 Å². The van der Waals surface area contributed by atoms with Gasteiger partial charge in [-0.15, -0.1) is 0 Å². The van der Waals surface area contributed by atoms with Crippen molar-refractivity contribution >= 4 is 39.2 Å². The van der Waals surface area contributed by atoms with Crippen molar-refractivity contribution in [1.82, 2.24) is 10.3 Å². The van der Waals surface area contributed by atoms with Crippen LogP contribution in [0.5, 0.6) is 5.75 Å². The van der Waals surface area contributed by atoms with E-state index in [4.69, 9.17) is 4.74 Å². The van der Waals surface area contributed by atoms with Gasteiger partial charge in [0.25, 0.3) is 0 Å². The Labute approximate surface area is 209 Å². The summed E-state index contributed by atoms with van der Waals surface area (Å²) in [6.45, 7) is 0.532. The van der Waals surface area contributed by atoms with E-state index in [9.17, 15) is 18.0 Å². The Bertz CT molecular complexity index is 1340. The van der Waals surface area contributed by atoms with Crippen LogP contribution in [0.3, 0.4) is 0 Å². The first kappa shape index (κ1) is 25.0. The minimum absolute atomic E-state index is 0.195. The summed E-state index contributed by atoms with van der Waals surface area (Å²) in [7, 11) is -1.93. The summed E-state index contributed by atoms with van der Waals surface area (Å²) in [5.74, 6) is 0.713. The van der Waals surface area contributed by atoms with Crippen molar-refractivity contribution in [3.8, 4) is 16.9 Å². The number of benzene rings is 2. The number of pyridine rings is 1. The van der Waals surface area contributed by atoms with Gasteiger partial charge in [0.1, 0.15) is 17.6 Å². The molecule has 10 nitrogen and oxygen atoms in total. The number of aromatic nitrogens is 1. The van der Waals surface area contributed by atoms with Crippen molar-refractivity contribution < 1.29 is 22.7 Å². The highest BCUT2D eigenvalue weighted by atomic mass is 32.2. The number of sulfonamides is 1. The van der Waals surface area contributed by atoms with E-state index < -0.39 is 22.1 Å². The van der Waals surface area contributed by atoms with Gasteiger partial charge in [0.05, 0.1) is 13.4 Å². The van der Waals surface area contributed by atoms with Crippen LogP contribution in [0.25, 0.3) is 11.1 Å². The van der Waals surface area contributed by atoms with Crippen molar-refractivity contribution in [2.24, 2.45) is 0 Å². The van der Waals surface area contributed by atoms with Crippen molar-refractivity contribution in [2.75, 3.05) is 34.8 Å². The summed E-state index contributed by atoms with van der Waals surface area (Å²) < 4.78 is 30.9. The number of hydrogen-bond acceptors (Lipinski definition) is 6. The summed E-state index contributed by atoms with van der Waals surface area (Å²) in [4.78, 5) is 31.4. The predicted octanol–water partition coefficient (Wildman–Crippen LogP) is 3.45. The maximum absolute atomic E-state index is 13.1. The minimum Gasteiger partial charge on any atom is -0.497 e. The molecule has 2 heterocycles.